The molecule has 1 heterocycles. The van der Waals surface area contributed by atoms with Gasteiger partial charge in [-0.15, -0.1) is 0 Å². The molecule has 0 spiro atoms. The fourth-order valence-corrected chi connectivity index (χ4v) is 4.60. The van der Waals surface area contributed by atoms with E-state index in [2.05, 4.69) is 37.9 Å². The summed E-state index contributed by atoms with van der Waals surface area (Å²) in [5.74, 6) is 2.68. The summed E-state index contributed by atoms with van der Waals surface area (Å²) >= 11 is 0. The molecule has 0 aromatic heterocycles. The monoisotopic (exact) mass is 280 g/mol. The Balaban J connectivity index is 1.95. The van der Waals surface area contributed by atoms with Crippen LogP contribution in [0, 0.1) is 17.8 Å². The van der Waals surface area contributed by atoms with Crippen molar-refractivity contribution in [2.45, 2.75) is 78.3 Å². The molecule has 2 rings (SSSR count). The van der Waals surface area contributed by atoms with Crippen molar-refractivity contribution in [1.82, 2.24) is 10.2 Å². The highest BCUT2D eigenvalue weighted by atomic mass is 15.2. The highest BCUT2D eigenvalue weighted by Gasteiger charge is 2.34. The van der Waals surface area contributed by atoms with E-state index < -0.39 is 0 Å². The third-order valence-electron chi connectivity index (χ3n) is 5.79. The van der Waals surface area contributed by atoms with Gasteiger partial charge in [-0.05, 0) is 62.9 Å². The lowest BCUT2D eigenvalue weighted by atomic mass is 9.76. The zero-order chi connectivity index (χ0) is 14.5. The van der Waals surface area contributed by atoms with Gasteiger partial charge in [0.1, 0.15) is 0 Å². The summed E-state index contributed by atoms with van der Waals surface area (Å²) in [6, 6.07) is 1.62. The molecule has 1 N–H and O–H groups in total. The molecular formula is C18H36N2. The fraction of sp³-hybridized carbons (Fsp3) is 1.00. The lowest BCUT2D eigenvalue weighted by Gasteiger charge is -2.40. The summed E-state index contributed by atoms with van der Waals surface area (Å²) in [6.45, 7) is 13.3. The minimum absolute atomic E-state index is 0.774. The van der Waals surface area contributed by atoms with E-state index in [4.69, 9.17) is 0 Å². The van der Waals surface area contributed by atoms with Crippen molar-refractivity contribution in [3.05, 3.63) is 0 Å². The van der Waals surface area contributed by atoms with Crippen LogP contribution in [0.1, 0.15) is 66.2 Å². The predicted molar refractivity (Wildman–Crippen MR) is 88.0 cm³/mol. The van der Waals surface area contributed by atoms with E-state index in [0.717, 1.165) is 36.4 Å². The molecule has 118 valence electrons. The molecule has 1 saturated heterocycles. The van der Waals surface area contributed by atoms with Crippen LogP contribution in [0.3, 0.4) is 0 Å². The molecule has 2 heteroatoms. The summed E-state index contributed by atoms with van der Waals surface area (Å²) in [5, 5.41) is 3.77. The van der Waals surface area contributed by atoms with Gasteiger partial charge in [0.25, 0.3) is 0 Å². The number of rotatable bonds is 6. The first kappa shape index (κ1) is 16.3. The maximum absolute atomic E-state index is 3.77. The summed E-state index contributed by atoms with van der Waals surface area (Å²) in [7, 11) is 0. The molecule has 2 aliphatic rings. The quantitative estimate of drug-likeness (QED) is 0.793. The first-order chi connectivity index (χ1) is 9.65. The van der Waals surface area contributed by atoms with Gasteiger partial charge >= 0.3 is 0 Å². The van der Waals surface area contributed by atoms with Gasteiger partial charge in [-0.2, -0.15) is 0 Å². The van der Waals surface area contributed by atoms with Gasteiger partial charge in [-0.1, -0.05) is 34.1 Å². The van der Waals surface area contributed by atoms with E-state index in [0.29, 0.717) is 0 Å². The molecular weight excluding hydrogens is 244 g/mol. The van der Waals surface area contributed by atoms with Crippen LogP contribution in [0.15, 0.2) is 0 Å². The van der Waals surface area contributed by atoms with Crippen molar-refractivity contribution in [2.24, 2.45) is 17.8 Å². The Hall–Kier alpha value is -0.0800. The van der Waals surface area contributed by atoms with Gasteiger partial charge in [0.2, 0.25) is 0 Å². The van der Waals surface area contributed by atoms with Gasteiger partial charge in [-0.3, -0.25) is 4.90 Å². The fourth-order valence-electron chi connectivity index (χ4n) is 4.60. The maximum atomic E-state index is 3.77. The van der Waals surface area contributed by atoms with E-state index in [9.17, 15) is 0 Å². The van der Waals surface area contributed by atoms with Crippen molar-refractivity contribution >= 4 is 0 Å². The standard InChI is InChI=1S/C18H36N2/c1-5-15-9-10-17(19-6-2)16(12-15)13-20-11-7-8-18(20)14(3)4/h14-19H,5-13H2,1-4H3. The van der Waals surface area contributed by atoms with Crippen molar-refractivity contribution in [3.63, 3.8) is 0 Å². The van der Waals surface area contributed by atoms with Gasteiger partial charge in [-0.25, -0.2) is 0 Å². The van der Waals surface area contributed by atoms with Crippen LogP contribution in [0.2, 0.25) is 0 Å². The molecule has 1 aliphatic carbocycles. The van der Waals surface area contributed by atoms with Crippen LogP contribution in [-0.2, 0) is 0 Å². The molecule has 2 nitrogen and oxygen atoms in total. The largest absolute Gasteiger partial charge is 0.314 e. The average Bonchev–Trinajstić information content (AvgIpc) is 2.89. The summed E-state index contributed by atoms with van der Waals surface area (Å²) in [6.07, 6.45) is 8.51. The normalized spacial score (nSPS) is 35.9. The van der Waals surface area contributed by atoms with E-state index >= 15 is 0 Å². The van der Waals surface area contributed by atoms with E-state index in [1.54, 1.807) is 0 Å². The minimum atomic E-state index is 0.774. The predicted octanol–water partition coefficient (Wildman–Crippen LogP) is 3.91. The van der Waals surface area contributed by atoms with E-state index in [1.165, 1.54) is 51.6 Å². The van der Waals surface area contributed by atoms with Crippen LogP contribution in [0.5, 0.6) is 0 Å². The van der Waals surface area contributed by atoms with Crippen molar-refractivity contribution in [3.8, 4) is 0 Å². The molecule has 0 amide bonds. The third-order valence-corrected chi connectivity index (χ3v) is 5.79. The Morgan fingerprint density at radius 1 is 1.15 bits per heavy atom. The summed E-state index contributed by atoms with van der Waals surface area (Å²) in [5.41, 5.74) is 0. The zero-order valence-corrected chi connectivity index (χ0v) is 14.2. The number of nitrogens with zero attached hydrogens (tertiary/aromatic N) is 1. The van der Waals surface area contributed by atoms with Crippen molar-refractivity contribution in [1.29, 1.82) is 0 Å². The van der Waals surface area contributed by atoms with Crippen molar-refractivity contribution < 1.29 is 0 Å². The zero-order valence-electron chi connectivity index (χ0n) is 14.2. The first-order valence-corrected chi connectivity index (χ1v) is 9.13. The van der Waals surface area contributed by atoms with E-state index in [-0.39, 0.29) is 0 Å². The number of nitrogens with one attached hydrogen (secondary N) is 1. The Kier molecular flexibility index (Phi) is 6.35. The highest BCUT2D eigenvalue weighted by Crippen LogP contribution is 2.34. The summed E-state index contributed by atoms with van der Waals surface area (Å²) < 4.78 is 0. The molecule has 0 aromatic rings. The second-order valence-corrected chi connectivity index (χ2v) is 7.46. The van der Waals surface area contributed by atoms with Gasteiger partial charge in [0.05, 0.1) is 0 Å². The van der Waals surface area contributed by atoms with Crippen LogP contribution in [0.4, 0.5) is 0 Å². The number of hydrogen-bond acceptors (Lipinski definition) is 2. The molecule has 4 unspecified atom stereocenters. The van der Waals surface area contributed by atoms with Gasteiger partial charge in [0.15, 0.2) is 0 Å². The molecule has 20 heavy (non-hydrogen) atoms. The minimum Gasteiger partial charge on any atom is -0.314 e. The molecule has 1 saturated carbocycles. The smallest absolute Gasteiger partial charge is 0.0119 e. The molecule has 2 fully saturated rings. The van der Waals surface area contributed by atoms with Crippen molar-refractivity contribution in [2.75, 3.05) is 19.6 Å². The van der Waals surface area contributed by atoms with Gasteiger partial charge in [0, 0.05) is 18.6 Å². The average molecular weight is 280 g/mol. The topological polar surface area (TPSA) is 15.3 Å². The second-order valence-electron chi connectivity index (χ2n) is 7.46. The van der Waals surface area contributed by atoms with Crippen LogP contribution in [0.25, 0.3) is 0 Å². The van der Waals surface area contributed by atoms with E-state index in [1.807, 2.05) is 0 Å². The Labute approximate surface area is 126 Å². The van der Waals surface area contributed by atoms with Crippen LogP contribution >= 0.6 is 0 Å². The van der Waals surface area contributed by atoms with Crippen LogP contribution in [-0.4, -0.2) is 36.6 Å². The number of hydrogen-bond donors (Lipinski definition) is 1. The van der Waals surface area contributed by atoms with Gasteiger partial charge < -0.3 is 5.32 Å². The lowest BCUT2D eigenvalue weighted by Crippen LogP contribution is -2.47. The lowest BCUT2D eigenvalue weighted by molar-refractivity contribution is 0.116. The Morgan fingerprint density at radius 3 is 2.60 bits per heavy atom. The maximum Gasteiger partial charge on any atom is 0.0119 e. The second kappa shape index (κ2) is 7.79. The number of likely N-dealkylation sites (tertiary alicyclic amines) is 1. The highest BCUT2D eigenvalue weighted by molar-refractivity contribution is 4.90. The third kappa shape index (κ3) is 3.98. The Bertz CT molecular complexity index is 277. The molecule has 0 radical (unpaired) electrons. The molecule has 0 bridgehead atoms. The van der Waals surface area contributed by atoms with Crippen LogP contribution < -0.4 is 5.32 Å². The SMILES string of the molecule is CCNC1CCC(CC)CC1CN1CCCC1C(C)C. The molecule has 1 aliphatic heterocycles. The summed E-state index contributed by atoms with van der Waals surface area (Å²) in [4.78, 5) is 2.82. The Morgan fingerprint density at radius 2 is 1.95 bits per heavy atom. The molecule has 4 atom stereocenters. The molecule has 0 aromatic carbocycles. The first-order valence-electron chi connectivity index (χ1n) is 9.13.